The Morgan fingerprint density at radius 2 is 1.84 bits per heavy atom. The molecule has 25 heavy (non-hydrogen) atoms. The standard InChI is InChI=1S/C20H28N2O3/c1-25-20(24)17-8-6-15(7-9-17)12-21-19(23)14-22-11-10-16-4-2-3-5-18(16)13-22/h6-9,16,18H,2-5,10-14H2,1H3,(H,21,23)/t16-,18-/m0/s1. The number of likely N-dealkylation sites (tertiary alicyclic amines) is 1. The Hall–Kier alpha value is -1.88. The van der Waals surface area contributed by atoms with Crippen LogP contribution in [0.3, 0.4) is 0 Å². The van der Waals surface area contributed by atoms with Crippen LogP contribution in [0.4, 0.5) is 0 Å². The Morgan fingerprint density at radius 3 is 2.56 bits per heavy atom. The van der Waals surface area contributed by atoms with E-state index in [1.54, 1.807) is 12.1 Å². The fourth-order valence-electron chi connectivity index (χ4n) is 4.16. The molecule has 0 bridgehead atoms. The Balaban J connectivity index is 1.43. The number of nitrogens with zero attached hydrogens (tertiary/aromatic N) is 1. The summed E-state index contributed by atoms with van der Waals surface area (Å²) in [6.07, 6.45) is 6.69. The number of ether oxygens (including phenoxy) is 1. The summed E-state index contributed by atoms with van der Waals surface area (Å²) in [5.41, 5.74) is 1.50. The van der Waals surface area contributed by atoms with Crippen LogP contribution in [0.15, 0.2) is 24.3 Å². The molecule has 1 aromatic carbocycles. The van der Waals surface area contributed by atoms with Gasteiger partial charge in [-0.3, -0.25) is 9.69 Å². The number of carbonyl (C=O) groups excluding carboxylic acids is 2. The number of methoxy groups -OCH3 is 1. The molecule has 3 rings (SSSR count). The van der Waals surface area contributed by atoms with Crippen LogP contribution in [0.5, 0.6) is 0 Å². The summed E-state index contributed by atoms with van der Waals surface area (Å²) in [5, 5.41) is 2.98. The summed E-state index contributed by atoms with van der Waals surface area (Å²) in [4.78, 5) is 26.0. The van der Waals surface area contributed by atoms with E-state index < -0.39 is 0 Å². The van der Waals surface area contributed by atoms with Crippen molar-refractivity contribution in [1.82, 2.24) is 10.2 Å². The summed E-state index contributed by atoms with van der Waals surface area (Å²) in [7, 11) is 1.37. The van der Waals surface area contributed by atoms with Crippen molar-refractivity contribution in [1.29, 1.82) is 0 Å². The van der Waals surface area contributed by atoms with E-state index in [1.165, 1.54) is 39.2 Å². The average molecular weight is 344 g/mol. The van der Waals surface area contributed by atoms with Crippen LogP contribution >= 0.6 is 0 Å². The molecule has 0 aromatic heterocycles. The van der Waals surface area contributed by atoms with Gasteiger partial charge in [0.1, 0.15) is 0 Å². The Labute approximate surface area is 149 Å². The summed E-state index contributed by atoms with van der Waals surface area (Å²) in [6, 6.07) is 7.14. The second-order valence-electron chi connectivity index (χ2n) is 7.29. The summed E-state index contributed by atoms with van der Waals surface area (Å²) in [6.45, 7) is 3.10. The van der Waals surface area contributed by atoms with Crippen molar-refractivity contribution in [2.45, 2.75) is 38.6 Å². The molecule has 5 nitrogen and oxygen atoms in total. The van der Waals surface area contributed by atoms with Crippen LogP contribution in [0.1, 0.15) is 48.0 Å². The molecule has 2 aliphatic rings. The fourth-order valence-corrected chi connectivity index (χ4v) is 4.16. The highest BCUT2D eigenvalue weighted by molar-refractivity contribution is 5.89. The molecule has 5 heteroatoms. The lowest BCUT2D eigenvalue weighted by Gasteiger charge is -2.41. The molecule has 0 radical (unpaired) electrons. The van der Waals surface area contributed by atoms with E-state index in [4.69, 9.17) is 0 Å². The smallest absolute Gasteiger partial charge is 0.337 e. The number of benzene rings is 1. The molecule has 1 amide bonds. The lowest BCUT2D eigenvalue weighted by atomic mass is 9.75. The van der Waals surface area contributed by atoms with Crippen molar-refractivity contribution in [2.24, 2.45) is 11.8 Å². The molecule has 0 unspecified atom stereocenters. The Bertz CT molecular complexity index is 599. The quantitative estimate of drug-likeness (QED) is 0.834. The fraction of sp³-hybridized carbons (Fsp3) is 0.600. The number of esters is 1. The molecule has 1 aliphatic heterocycles. The first kappa shape index (κ1) is 17.9. The molecule has 1 heterocycles. The van der Waals surface area contributed by atoms with Crippen LogP contribution in [0.2, 0.25) is 0 Å². The zero-order valence-electron chi connectivity index (χ0n) is 15.0. The minimum Gasteiger partial charge on any atom is -0.465 e. The zero-order chi connectivity index (χ0) is 17.6. The van der Waals surface area contributed by atoms with Gasteiger partial charge in [-0.1, -0.05) is 31.4 Å². The second-order valence-corrected chi connectivity index (χ2v) is 7.29. The first-order valence-corrected chi connectivity index (χ1v) is 9.32. The lowest BCUT2D eigenvalue weighted by molar-refractivity contribution is -0.123. The molecule has 1 N–H and O–H groups in total. The lowest BCUT2D eigenvalue weighted by Crippen LogP contribution is -2.46. The van der Waals surface area contributed by atoms with Gasteiger partial charge in [-0.2, -0.15) is 0 Å². The van der Waals surface area contributed by atoms with Gasteiger partial charge in [0.25, 0.3) is 0 Å². The molecule has 1 aliphatic carbocycles. The minimum atomic E-state index is -0.346. The van der Waals surface area contributed by atoms with E-state index >= 15 is 0 Å². The maximum atomic E-state index is 12.2. The number of hydrogen-bond acceptors (Lipinski definition) is 4. The summed E-state index contributed by atoms with van der Waals surface area (Å²) < 4.78 is 4.68. The van der Waals surface area contributed by atoms with Gasteiger partial charge in [-0.05, 0) is 48.9 Å². The summed E-state index contributed by atoms with van der Waals surface area (Å²) >= 11 is 0. The zero-order valence-corrected chi connectivity index (χ0v) is 15.0. The van der Waals surface area contributed by atoms with E-state index in [-0.39, 0.29) is 11.9 Å². The Kier molecular flexibility index (Phi) is 6.08. The monoisotopic (exact) mass is 344 g/mol. The van der Waals surface area contributed by atoms with Crippen LogP contribution in [-0.4, -0.2) is 43.5 Å². The topological polar surface area (TPSA) is 58.6 Å². The van der Waals surface area contributed by atoms with Gasteiger partial charge in [0, 0.05) is 13.1 Å². The third-order valence-corrected chi connectivity index (χ3v) is 5.61. The molecule has 1 aromatic rings. The van der Waals surface area contributed by atoms with Gasteiger partial charge in [0.05, 0.1) is 19.2 Å². The van der Waals surface area contributed by atoms with E-state index in [9.17, 15) is 9.59 Å². The molecule has 2 atom stereocenters. The van der Waals surface area contributed by atoms with Gasteiger partial charge in [0.15, 0.2) is 0 Å². The van der Waals surface area contributed by atoms with Gasteiger partial charge >= 0.3 is 5.97 Å². The largest absolute Gasteiger partial charge is 0.465 e. The van der Waals surface area contributed by atoms with E-state index in [0.29, 0.717) is 18.7 Å². The van der Waals surface area contributed by atoms with Crippen molar-refractivity contribution in [2.75, 3.05) is 26.7 Å². The predicted octanol–water partition coefficient (Wildman–Crippen LogP) is 2.60. The molecule has 2 fully saturated rings. The van der Waals surface area contributed by atoms with Gasteiger partial charge in [-0.15, -0.1) is 0 Å². The first-order valence-electron chi connectivity index (χ1n) is 9.32. The van der Waals surface area contributed by atoms with Crippen molar-refractivity contribution in [3.05, 3.63) is 35.4 Å². The van der Waals surface area contributed by atoms with E-state index in [2.05, 4.69) is 15.0 Å². The molecule has 136 valence electrons. The SMILES string of the molecule is COC(=O)c1ccc(CNC(=O)CN2CC[C@@H]3CCCC[C@H]3C2)cc1. The van der Waals surface area contributed by atoms with Crippen molar-refractivity contribution in [3.8, 4) is 0 Å². The maximum absolute atomic E-state index is 12.2. The van der Waals surface area contributed by atoms with Crippen molar-refractivity contribution < 1.29 is 14.3 Å². The molecular formula is C20H28N2O3. The van der Waals surface area contributed by atoms with Crippen LogP contribution < -0.4 is 5.32 Å². The minimum absolute atomic E-state index is 0.0753. The third kappa shape index (κ3) is 4.82. The molecular weight excluding hydrogens is 316 g/mol. The van der Waals surface area contributed by atoms with E-state index in [1.807, 2.05) is 12.1 Å². The van der Waals surface area contributed by atoms with Crippen molar-refractivity contribution in [3.63, 3.8) is 0 Å². The second kappa shape index (κ2) is 8.48. The average Bonchev–Trinajstić information content (AvgIpc) is 2.66. The van der Waals surface area contributed by atoms with Gasteiger partial charge in [0.2, 0.25) is 5.91 Å². The molecule has 1 saturated heterocycles. The number of hydrogen-bond donors (Lipinski definition) is 1. The third-order valence-electron chi connectivity index (χ3n) is 5.61. The number of fused-ring (bicyclic) bond motifs is 1. The normalized spacial score (nSPS) is 23.6. The number of nitrogens with one attached hydrogen (secondary N) is 1. The number of piperidine rings is 1. The highest BCUT2D eigenvalue weighted by Crippen LogP contribution is 2.35. The molecule has 1 saturated carbocycles. The first-order chi connectivity index (χ1) is 12.2. The maximum Gasteiger partial charge on any atom is 0.337 e. The summed E-state index contributed by atoms with van der Waals surface area (Å²) in [5.74, 6) is 1.41. The van der Waals surface area contributed by atoms with E-state index in [0.717, 1.165) is 30.5 Å². The van der Waals surface area contributed by atoms with Crippen LogP contribution in [0.25, 0.3) is 0 Å². The van der Waals surface area contributed by atoms with Crippen LogP contribution in [-0.2, 0) is 16.1 Å². The van der Waals surface area contributed by atoms with Gasteiger partial charge < -0.3 is 10.1 Å². The molecule has 0 spiro atoms. The number of rotatable bonds is 5. The van der Waals surface area contributed by atoms with Crippen molar-refractivity contribution >= 4 is 11.9 Å². The highest BCUT2D eigenvalue weighted by Gasteiger charge is 2.31. The number of amides is 1. The van der Waals surface area contributed by atoms with Gasteiger partial charge in [-0.25, -0.2) is 4.79 Å². The number of carbonyl (C=O) groups is 2. The predicted molar refractivity (Wildman–Crippen MR) is 96.1 cm³/mol. The van der Waals surface area contributed by atoms with Crippen LogP contribution in [0, 0.1) is 11.8 Å². The highest BCUT2D eigenvalue weighted by atomic mass is 16.5. The Morgan fingerprint density at radius 1 is 1.12 bits per heavy atom.